The van der Waals surface area contributed by atoms with Gasteiger partial charge in [-0.15, -0.1) is 11.3 Å². The fourth-order valence-corrected chi connectivity index (χ4v) is 3.26. The van der Waals surface area contributed by atoms with Crippen molar-refractivity contribution in [3.8, 4) is 0 Å². The molecule has 68 valence electrons. The SMILES string of the molecule is CNS(=O)(=O)c1cc(C)sc1C. The van der Waals surface area contributed by atoms with Crippen molar-refractivity contribution in [3.63, 3.8) is 0 Å². The van der Waals surface area contributed by atoms with Gasteiger partial charge >= 0.3 is 0 Å². The molecule has 0 amide bonds. The van der Waals surface area contributed by atoms with E-state index in [0.29, 0.717) is 4.90 Å². The summed E-state index contributed by atoms with van der Waals surface area (Å²) >= 11 is 1.49. The Morgan fingerprint density at radius 3 is 2.33 bits per heavy atom. The van der Waals surface area contributed by atoms with E-state index in [1.807, 2.05) is 13.8 Å². The normalized spacial score (nSPS) is 11.9. The quantitative estimate of drug-likeness (QED) is 0.790. The second-order valence-corrected chi connectivity index (χ2v) is 5.80. The Labute approximate surface area is 76.5 Å². The third-order valence-electron chi connectivity index (χ3n) is 1.55. The van der Waals surface area contributed by atoms with Gasteiger partial charge in [0, 0.05) is 9.75 Å². The highest BCUT2D eigenvalue weighted by molar-refractivity contribution is 7.89. The molecule has 0 saturated heterocycles. The molecule has 1 heterocycles. The summed E-state index contributed by atoms with van der Waals surface area (Å²) in [7, 11) is -1.83. The van der Waals surface area contributed by atoms with E-state index in [0.717, 1.165) is 9.75 Å². The van der Waals surface area contributed by atoms with Crippen molar-refractivity contribution in [2.24, 2.45) is 0 Å². The van der Waals surface area contributed by atoms with E-state index >= 15 is 0 Å². The Balaban J connectivity index is 3.29. The highest BCUT2D eigenvalue weighted by Crippen LogP contribution is 2.24. The van der Waals surface area contributed by atoms with Crippen molar-refractivity contribution < 1.29 is 8.42 Å². The minimum atomic E-state index is -3.25. The number of hydrogen-bond acceptors (Lipinski definition) is 3. The van der Waals surface area contributed by atoms with Crippen LogP contribution >= 0.6 is 11.3 Å². The van der Waals surface area contributed by atoms with Crippen LogP contribution in [-0.4, -0.2) is 15.5 Å². The Hall–Kier alpha value is -0.390. The van der Waals surface area contributed by atoms with Gasteiger partial charge in [-0.3, -0.25) is 0 Å². The molecule has 3 nitrogen and oxygen atoms in total. The predicted molar refractivity (Wildman–Crippen MR) is 50.0 cm³/mol. The first kappa shape index (κ1) is 9.70. The largest absolute Gasteiger partial charge is 0.241 e. The van der Waals surface area contributed by atoms with Gasteiger partial charge in [-0.05, 0) is 27.0 Å². The summed E-state index contributed by atoms with van der Waals surface area (Å²) < 4.78 is 25.0. The molecule has 0 fully saturated rings. The summed E-state index contributed by atoms with van der Waals surface area (Å²) in [5, 5.41) is 0. The molecule has 1 aromatic rings. The van der Waals surface area contributed by atoms with E-state index in [9.17, 15) is 8.42 Å². The highest BCUT2D eigenvalue weighted by Gasteiger charge is 2.16. The van der Waals surface area contributed by atoms with Gasteiger partial charge in [0.15, 0.2) is 0 Å². The summed E-state index contributed by atoms with van der Waals surface area (Å²) in [5.74, 6) is 0. The molecular formula is C7H11NO2S2. The summed E-state index contributed by atoms with van der Waals surface area (Å²) in [4.78, 5) is 2.25. The van der Waals surface area contributed by atoms with Crippen LogP contribution in [0, 0.1) is 13.8 Å². The van der Waals surface area contributed by atoms with E-state index in [2.05, 4.69) is 4.72 Å². The van der Waals surface area contributed by atoms with Gasteiger partial charge in [-0.2, -0.15) is 0 Å². The minimum Gasteiger partial charge on any atom is -0.214 e. The molecule has 0 aromatic carbocycles. The maximum absolute atomic E-state index is 11.3. The monoisotopic (exact) mass is 205 g/mol. The van der Waals surface area contributed by atoms with Crippen molar-refractivity contribution in [3.05, 3.63) is 15.8 Å². The first-order valence-corrected chi connectivity index (χ1v) is 5.78. The maximum atomic E-state index is 11.3. The van der Waals surface area contributed by atoms with Gasteiger partial charge in [0.25, 0.3) is 0 Å². The molecule has 0 spiro atoms. The number of sulfonamides is 1. The molecule has 0 bridgehead atoms. The van der Waals surface area contributed by atoms with Crippen molar-refractivity contribution >= 4 is 21.4 Å². The average molecular weight is 205 g/mol. The summed E-state index contributed by atoms with van der Waals surface area (Å²) in [6, 6.07) is 1.69. The van der Waals surface area contributed by atoms with Crippen molar-refractivity contribution in [1.29, 1.82) is 0 Å². The van der Waals surface area contributed by atoms with Crippen LogP contribution in [0.1, 0.15) is 9.75 Å². The summed E-state index contributed by atoms with van der Waals surface area (Å²) in [6.07, 6.45) is 0. The molecule has 5 heteroatoms. The first-order valence-electron chi connectivity index (χ1n) is 3.48. The van der Waals surface area contributed by atoms with Crippen molar-refractivity contribution in [1.82, 2.24) is 4.72 Å². The lowest BCUT2D eigenvalue weighted by atomic mass is 10.4. The Bertz CT molecular complexity index is 378. The molecular weight excluding hydrogens is 194 g/mol. The van der Waals surface area contributed by atoms with E-state index in [4.69, 9.17) is 0 Å². The summed E-state index contributed by atoms with van der Waals surface area (Å²) in [6.45, 7) is 3.70. The lowest BCUT2D eigenvalue weighted by Gasteiger charge is -1.98. The van der Waals surface area contributed by atoms with E-state index in [-0.39, 0.29) is 0 Å². The standard InChI is InChI=1S/C7H11NO2S2/c1-5-4-7(6(2)11-5)12(9,10)8-3/h4,8H,1-3H3. The Morgan fingerprint density at radius 2 is 2.00 bits per heavy atom. The fraction of sp³-hybridized carbons (Fsp3) is 0.429. The van der Waals surface area contributed by atoms with Gasteiger partial charge in [0.2, 0.25) is 10.0 Å². The lowest BCUT2D eigenvalue weighted by Crippen LogP contribution is -2.18. The predicted octanol–water partition coefficient (Wildman–Crippen LogP) is 1.27. The third-order valence-corrected chi connectivity index (χ3v) is 4.19. The number of nitrogens with one attached hydrogen (secondary N) is 1. The van der Waals surface area contributed by atoms with Gasteiger partial charge in [-0.1, -0.05) is 0 Å². The van der Waals surface area contributed by atoms with Crippen molar-refractivity contribution in [2.45, 2.75) is 18.7 Å². The van der Waals surface area contributed by atoms with Gasteiger partial charge in [0.05, 0.1) is 4.90 Å². The second-order valence-electron chi connectivity index (χ2n) is 2.49. The van der Waals surface area contributed by atoms with Crippen LogP contribution in [0.15, 0.2) is 11.0 Å². The first-order chi connectivity index (χ1) is 5.47. The molecule has 0 aliphatic heterocycles. The molecule has 1 N–H and O–H groups in total. The lowest BCUT2D eigenvalue weighted by molar-refractivity contribution is 0.588. The fourth-order valence-electron chi connectivity index (χ4n) is 0.984. The smallest absolute Gasteiger partial charge is 0.214 e. The molecule has 0 saturated carbocycles. The van der Waals surface area contributed by atoms with E-state index in [1.54, 1.807) is 6.07 Å². The molecule has 0 aliphatic carbocycles. The second kappa shape index (κ2) is 3.16. The van der Waals surface area contributed by atoms with Crippen LogP contribution in [0.2, 0.25) is 0 Å². The van der Waals surface area contributed by atoms with Crippen LogP contribution in [0.3, 0.4) is 0 Å². The molecule has 0 radical (unpaired) electrons. The third kappa shape index (κ3) is 1.68. The highest BCUT2D eigenvalue weighted by atomic mass is 32.2. The van der Waals surface area contributed by atoms with Gasteiger partial charge in [0.1, 0.15) is 0 Å². The topological polar surface area (TPSA) is 46.2 Å². The molecule has 1 aromatic heterocycles. The number of rotatable bonds is 2. The van der Waals surface area contributed by atoms with E-state index < -0.39 is 10.0 Å². The molecule has 1 rings (SSSR count). The van der Waals surface area contributed by atoms with Crippen LogP contribution in [0.4, 0.5) is 0 Å². The average Bonchev–Trinajstić information content (AvgIpc) is 2.31. The number of thiophene rings is 1. The molecule has 0 unspecified atom stereocenters. The summed E-state index contributed by atoms with van der Waals surface area (Å²) in [5.41, 5.74) is 0. The Kier molecular flexibility index (Phi) is 2.55. The number of aryl methyl sites for hydroxylation is 2. The maximum Gasteiger partial charge on any atom is 0.241 e. The van der Waals surface area contributed by atoms with Crippen LogP contribution < -0.4 is 4.72 Å². The minimum absolute atomic E-state index is 0.396. The zero-order valence-corrected chi connectivity index (χ0v) is 8.84. The Morgan fingerprint density at radius 1 is 1.42 bits per heavy atom. The van der Waals surface area contributed by atoms with Crippen LogP contribution in [-0.2, 0) is 10.0 Å². The van der Waals surface area contributed by atoms with E-state index in [1.165, 1.54) is 18.4 Å². The zero-order valence-electron chi connectivity index (χ0n) is 7.21. The van der Waals surface area contributed by atoms with Gasteiger partial charge in [-0.25, -0.2) is 13.1 Å². The molecule has 0 aliphatic rings. The van der Waals surface area contributed by atoms with Crippen molar-refractivity contribution in [2.75, 3.05) is 7.05 Å². The van der Waals surface area contributed by atoms with Crippen LogP contribution in [0.5, 0.6) is 0 Å². The zero-order chi connectivity index (χ0) is 9.35. The van der Waals surface area contributed by atoms with Gasteiger partial charge < -0.3 is 0 Å². The van der Waals surface area contributed by atoms with Crippen LogP contribution in [0.25, 0.3) is 0 Å². The number of hydrogen-bond donors (Lipinski definition) is 1. The molecule has 0 atom stereocenters. The molecule has 12 heavy (non-hydrogen) atoms.